The summed E-state index contributed by atoms with van der Waals surface area (Å²) in [6, 6.07) is 6.99. The van der Waals surface area contributed by atoms with Crippen molar-refractivity contribution in [2.75, 3.05) is 62.0 Å². The average molecular weight is 552 g/mol. The minimum atomic E-state index is -0.615. The summed E-state index contributed by atoms with van der Waals surface area (Å²) < 4.78 is 14.8. The van der Waals surface area contributed by atoms with Gasteiger partial charge in [-0.1, -0.05) is 17.8 Å². The van der Waals surface area contributed by atoms with E-state index in [-0.39, 0.29) is 11.6 Å². The first-order valence-electron chi connectivity index (χ1n) is 13.4. The van der Waals surface area contributed by atoms with E-state index < -0.39 is 6.04 Å². The minimum Gasteiger partial charge on any atom is -0.491 e. The van der Waals surface area contributed by atoms with Gasteiger partial charge in [0.1, 0.15) is 17.3 Å². The third-order valence-corrected chi connectivity index (χ3v) is 8.52. The van der Waals surface area contributed by atoms with Gasteiger partial charge in [-0.15, -0.1) is 0 Å². The van der Waals surface area contributed by atoms with E-state index in [1.807, 2.05) is 24.3 Å². The highest BCUT2D eigenvalue weighted by atomic mass is 32.2. The molecule has 1 amide bonds. The predicted molar refractivity (Wildman–Crippen MR) is 153 cm³/mol. The van der Waals surface area contributed by atoms with Crippen LogP contribution < -0.4 is 26.0 Å². The van der Waals surface area contributed by atoms with Crippen LogP contribution in [-0.4, -0.2) is 83.0 Å². The van der Waals surface area contributed by atoms with E-state index in [0.29, 0.717) is 40.4 Å². The Bertz CT molecular complexity index is 1440. The van der Waals surface area contributed by atoms with Crippen LogP contribution in [0.1, 0.15) is 12.8 Å². The molecule has 206 valence electrons. The molecule has 12 heteroatoms. The number of hydrogen-bond donors (Lipinski definition) is 2. The molecule has 1 unspecified atom stereocenters. The van der Waals surface area contributed by atoms with Crippen molar-refractivity contribution in [2.24, 2.45) is 18.0 Å². The number of para-hydroxylation sites is 1. The lowest BCUT2D eigenvalue weighted by Gasteiger charge is -2.30. The van der Waals surface area contributed by atoms with E-state index in [9.17, 15) is 9.59 Å². The number of rotatable bonds is 6. The Labute approximate surface area is 230 Å². The zero-order valence-corrected chi connectivity index (χ0v) is 22.8. The number of nitrogens with zero attached hydrogens (tertiary/aromatic N) is 5. The number of aliphatic imine (C=N–C) groups is 1. The number of anilines is 2. The molecule has 0 bridgehead atoms. The number of amides is 1. The largest absolute Gasteiger partial charge is 0.491 e. The molecular weight excluding hydrogens is 518 g/mol. The number of carbonyl (C=O) groups is 1. The Kier molecular flexibility index (Phi) is 7.58. The Morgan fingerprint density at radius 1 is 1.23 bits per heavy atom. The molecule has 3 aliphatic rings. The quantitative estimate of drug-likeness (QED) is 0.478. The van der Waals surface area contributed by atoms with Gasteiger partial charge >= 0.3 is 5.69 Å². The molecule has 0 saturated carbocycles. The second kappa shape index (κ2) is 11.4. The highest BCUT2D eigenvalue weighted by Gasteiger charge is 2.30. The molecule has 0 spiro atoms. The van der Waals surface area contributed by atoms with Crippen LogP contribution in [0.25, 0.3) is 11.0 Å². The molecule has 1 aromatic carbocycles. The van der Waals surface area contributed by atoms with Crippen molar-refractivity contribution in [1.82, 2.24) is 19.4 Å². The van der Waals surface area contributed by atoms with Gasteiger partial charge in [-0.05, 0) is 37.0 Å². The second-order valence-electron chi connectivity index (χ2n) is 10.0. The van der Waals surface area contributed by atoms with Crippen molar-refractivity contribution in [3.05, 3.63) is 47.1 Å². The number of hydrogen-bond acceptors (Lipinski definition) is 9. The van der Waals surface area contributed by atoms with Crippen LogP contribution in [-0.2, 0) is 16.6 Å². The van der Waals surface area contributed by atoms with E-state index >= 15 is 0 Å². The summed E-state index contributed by atoms with van der Waals surface area (Å²) in [5.41, 5.74) is 2.85. The van der Waals surface area contributed by atoms with Crippen molar-refractivity contribution >= 4 is 45.2 Å². The summed E-state index contributed by atoms with van der Waals surface area (Å²) in [5, 5.41) is 6.89. The minimum absolute atomic E-state index is 0.212. The molecule has 0 aliphatic carbocycles. The predicted octanol–water partition coefficient (Wildman–Crippen LogP) is 1.91. The summed E-state index contributed by atoms with van der Waals surface area (Å²) >= 11 is 1.41. The first-order valence-corrected chi connectivity index (χ1v) is 14.4. The van der Waals surface area contributed by atoms with E-state index in [4.69, 9.17) is 9.47 Å². The standard InChI is InChI=1S/C27H33N7O4S/c1-32-24-22(3-2-4-23(24)38-16-18-6-13-37-14-7-18)34(27(32)36)26-31-20(17-39-26)25(35)30-19-15-29-8-5-21(19)33-11-9-28-10-12-33/h2-5,8,15,18,20,28H,6-7,9-14,16-17H2,1H3,(H,30,35). The van der Waals surface area contributed by atoms with E-state index in [2.05, 4.69) is 25.5 Å². The van der Waals surface area contributed by atoms with Crippen molar-refractivity contribution in [3.8, 4) is 5.75 Å². The Balaban J connectivity index is 1.22. The van der Waals surface area contributed by atoms with Crippen molar-refractivity contribution in [2.45, 2.75) is 18.9 Å². The maximum atomic E-state index is 13.4. The van der Waals surface area contributed by atoms with Crippen LogP contribution in [0.2, 0.25) is 0 Å². The topological polar surface area (TPSA) is 115 Å². The molecular formula is C27H33N7O4S. The van der Waals surface area contributed by atoms with Crippen LogP contribution >= 0.6 is 11.8 Å². The summed E-state index contributed by atoms with van der Waals surface area (Å²) in [6.07, 6.45) is 5.37. The SMILES string of the molecule is Cn1c(=O)n(C2=NC(C(=O)Nc3cnccc3N3CCNCC3)CS2)c2cccc(OCC3CCOCC3)c21. The van der Waals surface area contributed by atoms with E-state index in [0.717, 1.165) is 63.4 Å². The number of benzene rings is 1. The second-order valence-corrected chi connectivity index (χ2v) is 11.0. The molecule has 2 saturated heterocycles. The van der Waals surface area contributed by atoms with Crippen LogP contribution in [0.3, 0.4) is 0 Å². The zero-order valence-electron chi connectivity index (χ0n) is 22.0. The first-order chi connectivity index (χ1) is 19.1. The molecule has 0 radical (unpaired) electrons. The van der Waals surface area contributed by atoms with Gasteiger partial charge < -0.3 is 25.0 Å². The number of aryl methyl sites for hydroxylation is 1. The van der Waals surface area contributed by atoms with Gasteiger partial charge in [-0.25, -0.2) is 14.4 Å². The molecule has 39 heavy (non-hydrogen) atoms. The fourth-order valence-corrected chi connectivity index (χ4v) is 6.34. The number of aromatic nitrogens is 3. The van der Waals surface area contributed by atoms with Crippen molar-refractivity contribution in [3.63, 3.8) is 0 Å². The summed E-state index contributed by atoms with van der Waals surface area (Å²) in [7, 11) is 1.74. The number of pyridine rings is 1. The van der Waals surface area contributed by atoms with Crippen LogP contribution in [0.4, 0.5) is 11.4 Å². The molecule has 6 rings (SSSR count). The van der Waals surface area contributed by atoms with Gasteiger partial charge in [0.05, 0.1) is 29.7 Å². The molecule has 3 aliphatic heterocycles. The average Bonchev–Trinajstić information content (AvgIpc) is 3.56. The molecule has 1 atom stereocenters. The molecule has 2 fully saturated rings. The molecule has 2 aromatic heterocycles. The number of ether oxygens (including phenoxy) is 2. The van der Waals surface area contributed by atoms with Gasteiger partial charge in [0.2, 0.25) is 5.91 Å². The van der Waals surface area contributed by atoms with Crippen molar-refractivity contribution in [1.29, 1.82) is 0 Å². The summed E-state index contributed by atoms with van der Waals surface area (Å²) in [5.74, 6) is 1.35. The summed E-state index contributed by atoms with van der Waals surface area (Å²) in [4.78, 5) is 37.8. The third kappa shape index (κ3) is 5.28. The fourth-order valence-electron chi connectivity index (χ4n) is 5.30. The normalized spacial score (nSPS) is 20.3. The zero-order chi connectivity index (χ0) is 26.8. The maximum absolute atomic E-state index is 13.4. The van der Waals surface area contributed by atoms with Crippen LogP contribution in [0.15, 0.2) is 46.4 Å². The molecule has 11 nitrogen and oxygen atoms in total. The van der Waals surface area contributed by atoms with E-state index in [1.54, 1.807) is 28.6 Å². The number of thioether (sulfide) groups is 1. The van der Waals surface area contributed by atoms with Gasteiger partial charge in [-0.2, -0.15) is 0 Å². The highest BCUT2D eigenvalue weighted by molar-refractivity contribution is 8.14. The molecule has 2 N–H and O–H groups in total. The Morgan fingerprint density at radius 2 is 2.05 bits per heavy atom. The van der Waals surface area contributed by atoms with Gasteiger partial charge in [0.25, 0.3) is 0 Å². The number of nitrogens with one attached hydrogen (secondary N) is 2. The third-order valence-electron chi connectivity index (χ3n) is 7.49. The van der Waals surface area contributed by atoms with Gasteiger partial charge in [0, 0.05) is 58.4 Å². The number of carbonyl (C=O) groups excluding carboxylic acids is 1. The van der Waals surface area contributed by atoms with Crippen LogP contribution in [0, 0.1) is 5.92 Å². The number of piperazine rings is 1. The first kappa shape index (κ1) is 25.9. The lowest BCUT2D eigenvalue weighted by molar-refractivity contribution is -0.116. The lowest BCUT2D eigenvalue weighted by Crippen LogP contribution is -2.44. The monoisotopic (exact) mass is 551 g/mol. The fraction of sp³-hybridized carbons (Fsp3) is 0.481. The number of imidazole rings is 1. The number of fused-ring (bicyclic) bond motifs is 1. The van der Waals surface area contributed by atoms with Crippen molar-refractivity contribution < 1.29 is 14.3 Å². The van der Waals surface area contributed by atoms with Gasteiger partial charge in [-0.3, -0.25) is 14.3 Å². The summed E-state index contributed by atoms with van der Waals surface area (Å²) in [6.45, 7) is 5.62. The highest BCUT2D eigenvalue weighted by Crippen LogP contribution is 2.30. The van der Waals surface area contributed by atoms with E-state index in [1.165, 1.54) is 11.8 Å². The Hall–Kier alpha value is -3.35. The maximum Gasteiger partial charge on any atom is 0.335 e. The smallest absolute Gasteiger partial charge is 0.335 e. The Morgan fingerprint density at radius 3 is 2.87 bits per heavy atom. The lowest BCUT2D eigenvalue weighted by atomic mass is 10.0. The molecule has 3 aromatic rings. The van der Waals surface area contributed by atoms with Gasteiger partial charge in [0.15, 0.2) is 5.17 Å². The molecule has 5 heterocycles. The van der Waals surface area contributed by atoms with Crippen LogP contribution in [0.5, 0.6) is 5.75 Å².